The van der Waals surface area contributed by atoms with E-state index in [9.17, 15) is 19.6 Å². The number of amides is 1. The molecule has 0 radical (unpaired) electrons. The molecule has 3 atom stereocenters. The topological polar surface area (TPSA) is 64.3 Å². The molecule has 0 unspecified atom stereocenters. The van der Waals surface area contributed by atoms with Crippen LogP contribution in [0.2, 0.25) is 0 Å². The van der Waals surface area contributed by atoms with E-state index in [1.54, 1.807) is 23.1 Å². The van der Waals surface area contributed by atoms with Crippen molar-refractivity contribution in [2.24, 2.45) is 5.92 Å². The number of carbonyl (C=O) groups excluding carboxylic acids is 1. The monoisotopic (exact) mass is 388 g/mol. The van der Waals surface area contributed by atoms with Gasteiger partial charge >= 0.3 is 0 Å². The highest BCUT2D eigenvalue weighted by atomic mass is 19.1. The summed E-state index contributed by atoms with van der Waals surface area (Å²) in [7, 11) is 0. The Labute approximate surface area is 169 Å². The standard InChI is InChI=1S/C24H21FN2O2/c25-20-7-2-1-4-17(20)11-8-16-9-12-18(13-10-16)23-21(14-26)27(22(23)15-28)24(29)19-5-3-6-19/h1-2,4,7,9-10,12-13,19,21-23,28H,3,5-6,15H2/t21-,22+,23+/m0/s1. The molecule has 1 saturated carbocycles. The highest BCUT2D eigenvalue weighted by molar-refractivity contribution is 5.82. The number of halogens is 1. The van der Waals surface area contributed by atoms with Crippen molar-refractivity contribution in [1.29, 1.82) is 5.26 Å². The first-order chi connectivity index (χ1) is 14.1. The maximum atomic E-state index is 13.7. The van der Waals surface area contributed by atoms with Gasteiger partial charge in [-0.1, -0.05) is 42.5 Å². The molecule has 2 aromatic carbocycles. The zero-order valence-electron chi connectivity index (χ0n) is 15.9. The van der Waals surface area contributed by atoms with Crippen molar-refractivity contribution < 1.29 is 14.3 Å². The van der Waals surface area contributed by atoms with Gasteiger partial charge in [0.2, 0.25) is 5.91 Å². The predicted octanol–water partition coefficient (Wildman–Crippen LogP) is 3.20. The summed E-state index contributed by atoms with van der Waals surface area (Å²) in [5.41, 5.74) is 1.96. The first-order valence-electron chi connectivity index (χ1n) is 9.83. The van der Waals surface area contributed by atoms with Gasteiger partial charge in [0.05, 0.1) is 24.3 Å². The van der Waals surface area contributed by atoms with Crippen LogP contribution in [-0.2, 0) is 4.79 Å². The van der Waals surface area contributed by atoms with Crippen molar-refractivity contribution in [3.8, 4) is 17.9 Å². The van der Waals surface area contributed by atoms with Crippen LogP contribution >= 0.6 is 0 Å². The van der Waals surface area contributed by atoms with Crippen LogP contribution in [0.25, 0.3) is 0 Å². The summed E-state index contributed by atoms with van der Waals surface area (Å²) in [5, 5.41) is 19.5. The lowest BCUT2D eigenvalue weighted by molar-refractivity contribution is -0.154. The van der Waals surface area contributed by atoms with E-state index in [1.807, 2.05) is 24.3 Å². The fourth-order valence-corrected chi connectivity index (χ4v) is 4.07. The Hall–Kier alpha value is -3.15. The highest BCUT2D eigenvalue weighted by Crippen LogP contribution is 2.43. The summed E-state index contributed by atoms with van der Waals surface area (Å²) in [6.45, 7) is -0.170. The predicted molar refractivity (Wildman–Crippen MR) is 106 cm³/mol. The third kappa shape index (κ3) is 3.50. The summed E-state index contributed by atoms with van der Waals surface area (Å²) in [5.74, 6) is 5.18. The Bertz CT molecular complexity index is 1010. The number of aliphatic hydroxyl groups is 1. The van der Waals surface area contributed by atoms with Crippen LogP contribution in [0, 0.1) is 34.9 Å². The molecule has 4 rings (SSSR count). The van der Waals surface area contributed by atoms with E-state index in [0.29, 0.717) is 5.56 Å². The molecule has 146 valence electrons. The van der Waals surface area contributed by atoms with Crippen LogP contribution in [0.15, 0.2) is 48.5 Å². The van der Waals surface area contributed by atoms with Crippen molar-refractivity contribution in [1.82, 2.24) is 4.90 Å². The number of hydrogen-bond donors (Lipinski definition) is 1. The fraction of sp³-hybridized carbons (Fsp3) is 0.333. The third-order valence-corrected chi connectivity index (χ3v) is 5.95. The number of likely N-dealkylation sites (tertiary alicyclic amines) is 1. The summed E-state index contributed by atoms with van der Waals surface area (Å²) in [4.78, 5) is 14.2. The van der Waals surface area contributed by atoms with E-state index in [1.165, 1.54) is 6.07 Å². The summed E-state index contributed by atoms with van der Waals surface area (Å²) >= 11 is 0. The minimum Gasteiger partial charge on any atom is -0.394 e. The molecular formula is C24H21FN2O2. The second-order valence-corrected chi connectivity index (χ2v) is 7.57. The number of aliphatic hydroxyl groups excluding tert-OH is 1. The van der Waals surface area contributed by atoms with Gasteiger partial charge in [-0.2, -0.15) is 5.26 Å². The Balaban J connectivity index is 1.52. The summed E-state index contributed by atoms with van der Waals surface area (Å²) in [6.07, 6.45) is 2.78. The number of nitrogens with zero attached hydrogens (tertiary/aromatic N) is 2. The van der Waals surface area contributed by atoms with Crippen LogP contribution in [0.3, 0.4) is 0 Å². The SMILES string of the molecule is N#C[C@H]1[C@@H](c2ccc(C#Cc3ccccc3F)cc2)[C@@H](CO)N1C(=O)C1CCC1. The van der Waals surface area contributed by atoms with Gasteiger partial charge in [-0.15, -0.1) is 0 Å². The van der Waals surface area contributed by atoms with Crippen molar-refractivity contribution in [2.45, 2.75) is 37.3 Å². The zero-order valence-corrected chi connectivity index (χ0v) is 15.9. The molecule has 0 spiro atoms. The smallest absolute Gasteiger partial charge is 0.227 e. The first-order valence-corrected chi connectivity index (χ1v) is 9.83. The second-order valence-electron chi connectivity index (χ2n) is 7.57. The van der Waals surface area contributed by atoms with Gasteiger partial charge in [0.25, 0.3) is 0 Å². The van der Waals surface area contributed by atoms with Crippen molar-refractivity contribution in [2.75, 3.05) is 6.61 Å². The minimum absolute atomic E-state index is 0.00289. The molecule has 1 aliphatic carbocycles. The maximum absolute atomic E-state index is 13.7. The molecule has 29 heavy (non-hydrogen) atoms. The van der Waals surface area contributed by atoms with Crippen LogP contribution in [0.5, 0.6) is 0 Å². The summed E-state index contributed by atoms with van der Waals surface area (Å²) in [6, 6.07) is 15.0. The molecule has 1 aliphatic heterocycles. The Morgan fingerprint density at radius 3 is 2.45 bits per heavy atom. The largest absolute Gasteiger partial charge is 0.394 e. The average Bonchev–Trinajstić information content (AvgIpc) is 2.67. The van der Waals surface area contributed by atoms with E-state index in [4.69, 9.17) is 0 Å². The van der Waals surface area contributed by atoms with Gasteiger partial charge in [-0.25, -0.2) is 4.39 Å². The fourth-order valence-electron chi connectivity index (χ4n) is 4.07. The van der Waals surface area contributed by atoms with E-state index < -0.39 is 6.04 Å². The Morgan fingerprint density at radius 2 is 1.86 bits per heavy atom. The summed E-state index contributed by atoms with van der Waals surface area (Å²) < 4.78 is 13.7. The molecule has 1 heterocycles. The quantitative estimate of drug-likeness (QED) is 0.822. The van der Waals surface area contributed by atoms with Crippen molar-refractivity contribution >= 4 is 5.91 Å². The number of benzene rings is 2. The van der Waals surface area contributed by atoms with Crippen LogP contribution in [-0.4, -0.2) is 34.6 Å². The molecule has 2 fully saturated rings. The number of hydrogen-bond acceptors (Lipinski definition) is 3. The van der Waals surface area contributed by atoms with Gasteiger partial charge in [-0.05, 0) is 42.7 Å². The molecule has 1 N–H and O–H groups in total. The maximum Gasteiger partial charge on any atom is 0.227 e. The molecule has 5 heteroatoms. The van der Waals surface area contributed by atoms with Crippen molar-refractivity contribution in [3.05, 3.63) is 71.0 Å². The van der Waals surface area contributed by atoms with E-state index in [-0.39, 0.29) is 36.2 Å². The molecule has 0 aromatic heterocycles. The lowest BCUT2D eigenvalue weighted by Gasteiger charge is -2.53. The average molecular weight is 388 g/mol. The lowest BCUT2D eigenvalue weighted by atomic mass is 9.73. The van der Waals surface area contributed by atoms with Gasteiger partial charge in [-0.3, -0.25) is 4.79 Å². The number of rotatable bonds is 3. The van der Waals surface area contributed by atoms with E-state index in [2.05, 4.69) is 17.9 Å². The number of carbonyl (C=O) groups is 1. The van der Waals surface area contributed by atoms with Gasteiger partial charge in [0.15, 0.2) is 0 Å². The van der Waals surface area contributed by atoms with Crippen LogP contribution < -0.4 is 0 Å². The lowest BCUT2D eigenvalue weighted by Crippen LogP contribution is -2.66. The molecule has 0 bridgehead atoms. The molecule has 1 saturated heterocycles. The Kier molecular flexibility index (Phi) is 5.34. The highest BCUT2D eigenvalue weighted by Gasteiger charge is 2.53. The normalized spacial score (nSPS) is 23.2. The van der Waals surface area contributed by atoms with Gasteiger partial charge < -0.3 is 10.0 Å². The second kappa shape index (κ2) is 8.07. The van der Waals surface area contributed by atoms with Gasteiger partial charge in [0.1, 0.15) is 11.9 Å². The van der Waals surface area contributed by atoms with E-state index in [0.717, 1.165) is 30.4 Å². The first kappa shape index (κ1) is 19.2. The third-order valence-electron chi connectivity index (χ3n) is 5.95. The molecule has 2 aromatic rings. The molecule has 1 amide bonds. The van der Waals surface area contributed by atoms with Crippen LogP contribution in [0.4, 0.5) is 4.39 Å². The van der Waals surface area contributed by atoms with Gasteiger partial charge in [0, 0.05) is 17.4 Å². The Morgan fingerprint density at radius 1 is 1.14 bits per heavy atom. The minimum atomic E-state index is -0.560. The molecule has 2 aliphatic rings. The molecule has 4 nitrogen and oxygen atoms in total. The van der Waals surface area contributed by atoms with Crippen LogP contribution in [0.1, 0.15) is 41.9 Å². The number of nitriles is 1. The van der Waals surface area contributed by atoms with Crippen molar-refractivity contribution in [3.63, 3.8) is 0 Å². The molecular weight excluding hydrogens is 367 g/mol. The van der Waals surface area contributed by atoms with E-state index >= 15 is 0 Å². The zero-order chi connectivity index (χ0) is 20.4.